The van der Waals surface area contributed by atoms with Crippen molar-refractivity contribution in [1.82, 2.24) is 24.6 Å². The molecule has 5 aromatic rings. The zero-order chi connectivity index (χ0) is 33.6. The quantitative estimate of drug-likeness (QED) is 0.174. The monoisotopic (exact) mass is 638 g/mol. The summed E-state index contributed by atoms with van der Waals surface area (Å²) >= 11 is 0. The van der Waals surface area contributed by atoms with Crippen molar-refractivity contribution >= 4 is 11.8 Å². The molecule has 0 atom stereocenters. The molecule has 2 aromatic heterocycles. The van der Waals surface area contributed by atoms with Gasteiger partial charge in [0.05, 0.1) is 30.6 Å². The minimum absolute atomic E-state index is 0.155. The highest BCUT2D eigenvalue weighted by molar-refractivity contribution is 5.88. The summed E-state index contributed by atoms with van der Waals surface area (Å²) in [7, 11) is 1.61. The number of hydrogen-bond acceptors (Lipinski definition) is 6. The van der Waals surface area contributed by atoms with Gasteiger partial charge in [0.2, 0.25) is 5.88 Å². The highest BCUT2D eigenvalue weighted by atomic mass is 19.1. The van der Waals surface area contributed by atoms with Gasteiger partial charge in [0.15, 0.2) is 0 Å². The smallest absolute Gasteiger partial charge is 0.320 e. The van der Waals surface area contributed by atoms with Crippen LogP contribution in [0.1, 0.15) is 55.6 Å². The van der Waals surface area contributed by atoms with Gasteiger partial charge in [0.1, 0.15) is 30.3 Å². The van der Waals surface area contributed by atoms with Gasteiger partial charge in [-0.3, -0.25) is 14.7 Å². The second-order valence-electron chi connectivity index (χ2n) is 12.1. The Balaban J connectivity index is 1.26. The molecule has 2 N–H and O–H groups in total. The van der Waals surface area contributed by atoms with Crippen molar-refractivity contribution in [2.24, 2.45) is 0 Å². The second-order valence-corrected chi connectivity index (χ2v) is 12.1. The van der Waals surface area contributed by atoms with E-state index in [1.165, 1.54) is 23.1 Å². The predicted octanol–water partition coefficient (Wildman–Crippen LogP) is 6.39. The number of urea groups is 1. The number of methoxy groups -OCH3 is 1. The zero-order valence-corrected chi connectivity index (χ0v) is 27.2. The van der Waals surface area contributed by atoms with Gasteiger partial charge in [-0.05, 0) is 53.4 Å². The van der Waals surface area contributed by atoms with E-state index in [1.54, 1.807) is 29.9 Å². The molecule has 0 aliphatic rings. The summed E-state index contributed by atoms with van der Waals surface area (Å²) in [5.74, 6) is 1.04. The zero-order valence-electron chi connectivity index (χ0n) is 27.2. The molecule has 11 heteroatoms. The van der Waals surface area contributed by atoms with E-state index in [-0.39, 0.29) is 30.0 Å². The lowest BCUT2D eigenvalue weighted by Gasteiger charge is -2.15. The van der Waals surface area contributed by atoms with E-state index < -0.39 is 11.8 Å². The van der Waals surface area contributed by atoms with Crippen LogP contribution in [0.3, 0.4) is 0 Å². The summed E-state index contributed by atoms with van der Waals surface area (Å²) in [6, 6.07) is 22.5. The van der Waals surface area contributed by atoms with Crippen LogP contribution in [0.2, 0.25) is 0 Å². The van der Waals surface area contributed by atoms with Crippen molar-refractivity contribution in [2.75, 3.05) is 12.4 Å². The Bertz CT molecular complexity index is 1910. The van der Waals surface area contributed by atoms with Crippen LogP contribution in [0, 0.1) is 5.82 Å². The maximum atomic E-state index is 14.0. The highest BCUT2D eigenvalue weighted by Crippen LogP contribution is 2.26. The summed E-state index contributed by atoms with van der Waals surface area (Å²) in [6.07, 6.45) is 1.95. The molecule has 244 valence electrons. The number of carbonyl (C=O) groups is 1. The Morgan fingerprint density at radius 2 is 1.72 bits per heavy atom. The third-order valence-electron chi connectivity index (χ3n) is 7.65. The van der Waals surface area contributed by atoms with Gasteiger partial charge in [0, 0.05) is 18.0 Å². The molecule has 0 fully saturated rings. The summed E-state index contributed by atoms with van der Waals surface area (Å²) in [5.41, 5.74) is 3.89. The van der Waals surface area contributed by atoms with Crippen LogP contribution >= 0.6 is 0 Å². The average molecular weight is 639 g/mol. The lowest BCUT2D eigenvalue weighted by molar-refractivity contribution is 0.251. The van der Waals surface area contributed by atoms with Gasteiger partial charge in [0.25, 0.3) is 5.56 Å². The third-order valence-corrected chi connectivity index (χ3v) is 7.65. The van der Waals surface area contributed by atoms with Crippen molar-refractivity contribution in [3.05, 3.63) is 129 Å². The highest BCUT2D eigenvalue weighted by Gasteiger charge is 2.22. The largest absolute Gasteiger partial charge is 0.497 e. The van der Waals surface area contributed by atoms with Gasteiger partial charge in [-0.25, -0.2) is 18.9 Å². The lowest BCUT2D eigenvalue weighted by Crippen LogP contribution is -2.29. The van der Waals surface area contributed by atoms with Crippen LogP contribution in [-0.4, -0.2) is 32.5 Å². The number of ether oxygens (including phenoxy) is 2. The molecule has 47 heavy (non-hydrogen) atoms. The van der Waals surface area contributed by atoms with Crippen molar-refractivity contribution in [3.63, 3.8) is 0 Å². The average Bonchev–Trinajstić information content (AvgIpc) is 3.49. The summed E-state index contributed by atoms with van der Waals surface area (Å²) in [4.78, 5) is 30.8. The molecule has 0 unspecified atom stereocenters. The Hall–Kier alpha value is -5.45. The number of rotatable bonds is 11. The number of nitrogens with one attached hydrogen (secondary N) is 2. The van der Waals surface area contributed by atoms with Gasteiger partial charge in [-0.1, -0.05) is 70.2 Å². The fraction of sp³-hybridized carbons (Fsp3) is 0.278. The number of nitrogens with zero attached hydrogens (tertiary/aromatic N) is 4. The van der Waals surface area contributed by atoms with Crippen LogP contribution in [0.25, 0.3) is 5.69 Å². The van der Waals surface area contributed by atoms with Gasteiger partial charge in [-0.15, -0.1) is 0 Å². The number of carbonyl (C=O) groups excluding carboxylic acids is 1. The number of anilines is 1. The molecule has 10 nitrogen and oxygen atoms in total. The maximum absolute atomic E-state index is 14.0. The molecule has 2 heterocycles. The molecule has 0 aliphatic heterocycles. The van der Waals surface area contributed by atoms with Crippen molar-refractivity contribution in [3.8, 4) is 17.3 Å². The lowest BCUT2D eigenvalue weighted by atomic mass is 9.92. The Morgan fingerprint density at radius 3 is 2.40 bits per heavy atom. The molecule has 3 aromatic carbocycles. The molecule has 5 rings (SSSR count). The van der Waals surface area contributed by atoms with Crippen LogP contribution in [0.5, 0.6) is 11.6 Å². The van der Waals surface area contributed by atoms with E-state index >= 15 is 0 Å². The third kappa shape index (κ3) is 8.04. The second kappa shape index (κ2) is 14.3. The first-order valence-corrected chi connectivity index (χ1v) is 15.4. The Morgan fingerprint density at radius 1 is 0.979 bits per heavy atom. The first-order chi connectivity index (χ1) is 22.5. The summed E-state index contributed by atoms with van der Waals surface area (Å²) in [6.45, 7) is 8.68. The molecule has 0 spiro atoms. The molecule has 0 radical (unpaired) electrons. The number of aromatic nitrogens is 4. The standard InChI is InChI=1S/C36H39FN6O4/c1-6-30-33(39-23-42(34(30)44)21-24-14-16-29(46-5)17-15-24)47-22-26-11-8-7-10-25(26)20-38-35(45)40-32-19-31(36(2,3)4)41-43(32)28-13-9-12-27(37)18-28/h7-19,23H,6,20-22H2,1-5H3,(H2,38,40,45). The van der Waals surface area contributed by atoms with Crippen molar-refractivity contribution in [1.29, 1.82) is 0 Å². The van der Waals surface area contributed by atoms with Crippen molar-refractivity contribution in [2.45, 2.75) is 59.2 Å². The van der Waals surface area contributed by atoms with Crippen molar-refractivity contribution < 1.29 is 18.7 Å². The van der Waals surface area contributed by atoms with E-state index in [1.807, 2.05) is 76.2 Å². The van der Waals surface area contributed by atoms with Gasteiger partial charge in [-0.2, -0.15) is 5.10 Å². The Kier molecular flexibility index (Phi) is 10.0. The number of hydrogen-bond donors (Lipinski definition) is 2. The summed E-state index contributed by atoms with van der Waals surface area (Å²) in [5, 5.41) is 10.4. The summed E-state index contributed by atoms with van der Waals surface area (Å²) < 4.78 is 28.4. The first kappa shape index (κ1) is 32.9. The SMILES string of the molecule is CCc1c(OCc2ccccc2CNC(=O)Nc2cc(C(C)(C)C)nn2-c2cccc(F)c2)ncn(Cc2ccc(OC)cc2)c1=O. The topological polar surface area (TPSA) is 112 Å². The molecule has 0 bridgehead atoms. The van der Waals surface area contributed by atoms with Crippen LogP contribution in [0.15, 0.2) is 90.0 Å². The molecular weight excluding hydrogens is 599 g/mol. The minimum atomic E-state index is -0.450. The Labute approximate surface area is 273 Å². The van der Waals surface area contributed by atoms with Crippen LogP contribution in [-0.2, 0) is 31.5 Å². The molecular formula is C36H39FN6O4. The normalized spacial score (nSPS) is 11.3. The van der Waals surface area contributed by atoms with Crippen LogP contribution in [0.4, 0.5) is 15.0 Å². The van der Waals surface area contributed by atoms with E-state index in [2.05, 4.69) is 20.7 Å². The first-order valence-electron chi connectivity index (χ1n) is 15.4. The van der Waals surface area contributed by atoms with E-state index in [0.717, 1.165) is 28.1 Å². The van der Waals surface area contributed by atoms with E-state index in [4.69, 9.17) is 9.47 Å². The molecule has 0 saturated heterocycles. The fourth-order valence-electron chi connectivity index (χ4n) is 4.98. The van der Waals surface area contributed by atoms with E-state index in [0.29, 0.717) is 30.0 Å². The predicted molar refractivity (Wildman–Crippen MR) is 179 cm³/mol. The molecule has 0 saturated carbocycles. The van der Waals surface area contributed by atoms with E-state index in [9.17, 15) is 14.0 Å². The minimum Gasteiger partial charge on any atom is -0.497 e. The van der Waals surface area contributed by atoms with Gasteiger partial charge >= 0.3 is 6.03 Å². The number of amides is 2. The maximum Gasteiger partial charge on any atom is 0.320 e. The fourth-order valence-corrected chi connectivity index (χ4v) is 4.98. The van der Waals surface area contributed by atoms with Gasteiger partial charge < -0.3 is 14.8 Å². The number of halogens is 1. The molecule has 0 aliphatic carbocycles. The van der Waals surface area contributed by atoms with Crippen LogP contribution < -0.4 is 25.7 Å². The number of benzene rings is 3. The molecule has 2 amide bonds.